The molecule has 2 N–H and O–H groups in total. The second-order valence-electron chi connectivity index (χ2n) is 3.72. The number of rotatable bonds is 7. The zero-order valence-corrected chi connectivity index (χ0v) is 9.89. The quantitative estimate of drug-likeness (QED) is 0.729. The number of aliphatic hydroxyl groups excluding tert-OH is 1. The van der Waals surface area contributed by atoms with Gasteiger partial charge in [0.15, 0.2) is 0 Å². The monoisotopic (exact) mass is 224 g/mol. The third kappa shape index (κ3) is 4.70. The fraction of sp³-hybridized carbons (Fsp3) is 0.583. The molecule has 2 atom stereocenters. The van der Waals surface area contributed by atoms with Crippen LogP contribution in [-0.2, 0) is 4.74 Å². The summed E-state index contributed by atoms with van der Waals surface area (Å²) in [5.41, 5.74) is 1.17. The van der Waals surface area contributed by atoms with Gasteiger partial charge in [0.2, 0.25) is 0 Å². The van der Waals surface area contributed by atoms with Crippen LogP contribution in [0.1, 0.15) is 25.5 Å². The highest BCUT2D eigenvalue weighted by Crippen LogP contribution is 2.09. The van der Waals surface area contributed by atoms with Crippen LogP contribution in [0.3, 0.4) is 0 Å². The largest absolute Gasteiger partial charge is 0.389 e. The molecule has 0 radical (unpaired) electrons. The molecule has 0 aliphatic heterocycles. The van der Waals surface area contributed by atoms with E-state index in [-0.39, 0.29) is 6.04 Å². The standard InChI is InChI=1S/C12H20N2O2/c1-3-16-9-12(15)8-14-10(2)11-4-6-13-7-5-11/h4-7,10,12,14-15H,3,8-9H2,1-2H3/t10-,12?/m1/s1. The molecule has 0 fully saturated rings. The Labute approximate surface area is 96.7 Å². The topological polar surface area (TPSA) is 54.4 Å². The Morgan fingerprint density at radius 2 is 2.12 bits per heavy atom. The highest BCUT2D eigenvalue weighted by atomic mass is 16.5. The third-order valence-corrected chi connectivity index (χ3v) is 2.38. The van der Waals surface area contributed by atoms with Crippen molar-refractivity contribution in [1.82, 2.24) is 10.3 Å². The number of hydrogen-bond acceptors (Lipinski definition) is 4. The average molecular weight is 224 g/mol. The fourth-order valence-corrected chi connectivity index (χ4v) is 1.40. The average Bonchev–Trinajstić information content (AvgIpc) is 2.34. The van der Waals surface area contributed by atoms with Crippen molar-refractivity contribution in [3.63, 3.8) is 0 Å². The number of aromatic nitrogens is 1. The molecule has 0 saturated heterocycles. The first-order valence-corrected chi connectivity index (χ1v) is 5.63. The number of ether oxygens (including phenoxy) is 1. The van der Waals surface area contributed by atoms with Crippen LogP contribution < -0.4 is 5.32 Å². The summed E-state index contributed by atoms with van der Waals surface area (Å²) in [7, 11) is 0. The lowest BCUT2D eigenvalue weighted by Crippen LogP contribution is -2.32. The van der Waals surface area contributed by atoms with E-state index in [0.29, 0.717) is 19.8 Å². The van der Waals surface area contributed by atoms with E-state index in [1.54, 1.807) is 12.4 Å². The molecule has 1 heterocycles. The molecular weight excluding hydrogens is 204 g/mol. The molecule has 0 spiro atoms. The van der Waals surface area contributed by atoms with Crippen molar-refractivity contribution in [2.45, 2.75) is 26.0 Å². The molecule has 4 heteroatoms. The molecule has 1 aromatic heterocycles. The van der Waals surface area contributed by atoms with Gasteiger partial charge in [0, 0.05) is 31.6 Å². The van der Waals surface area contributed by atoms with E-state index in [2.05, 4.69) is 17.2 Å². The van der Waals surface area contributed by atoms with Gasteiger partial charge in [-0.15, -0.1) is 0 Å². The first kappa shape index (κ1) is 13.1. The zero-order valence-electron chi connectivity index (χ0n) is 9.89. The lowest BCUT2D eigenvalue weighted by atomic mass is 10.1. The van der Waals surface area contributed by atoms with Gasteiger partial charge in [-0.05, 0) is 31.5 Å². The molecule has 90 valence electrons. The molecule has 0 saturated carbocycles. The molecule has 1 rings (SSSR count). The van der Waals surface area contributed by atoms with Gasteiger partial charge >= 0.3 is 0 Å². The normalized spacial score (nSPS) is 14.7. The Kier molecular flexibility index (Phi) is 6.00. The van der Waals surface area contributed by atoms with Crippen molar-refractivity contribution >= 4 is 0 Å². The lowest BCUT2D eigenvalue weighted by Gasteiger charge is -2.17. The van der Waals surface area contributed by atoms with Gasteiger partial charge in [-0.1, -0.05) is 0 Å². The summed E-state index contributed by atoms with van der Waals surface area (Å²) in [4.78, 5) is 3.97. The van der Waals surface area contributed by atoms with Gasteiger partial charge in [-0.2, -0.15) is 0 Å². The minimum atomic E-state index is -0.454. The van der Waals surface area contributed by atoms with E-state index in [1.807, 2.05) is 19.1 Å². The van der Waals surface area contributed by atoms with Crippen LogP contribution >= 0.6 is 0 Å². The van der Waals surface area contributed by atoms with E-state index < -0.39 is 6.10 Å². The van der Waals surface area contributed by atoms with Gasteiger partial charge in [-0.3, -0.25) is 4.98 Å². The smallest absolute Gasteiger partial charge is 0.0897 e. The van der Waals surface area contributed by atoms with Crippen LogP contribution in [-0.4, -0.2) is 36.0 Å². The van der Waals surface area contributed by atoms with Gasteiger partial charge in [0.05, 0.1) is 12.7 Å². The molecule has 0 aliphatic rings. The van der Waals surface area contributed by atoms with Crippen LogP contribution in [0.25, 0.3) is 0 Å². The van der Waals surface area contributed by atoms with E-state index in [0.717, 1.165) is 0 Å². The summed E-state index contributed by atoms with van der Waals surface area (Å²) in [5, 5.41) is 12.8. The van der Waals surface area contributed by atoms with E-state index in [9.17, 15) is 5.11 Å². The molecule has 1 unspecified atom stereocenters. The van der Waals surface area contributed by atoms with Gasteiger partial charge < -0.3 is 15.2 Å². The maximum atomic E-state index is 9.58. The highest BCUT2D eigenvalue weighted by molar-refractivity contribution is 5.13. The number of nitrogens with one attached hydrogen (secondary N) is 1. The number of pyridine rings is 1. The molecule has 1 aromatic rings. The summed E-state index contributed by atoms with van der Waals surface area (Å²) in [6.07, 6.45) is 3.08. The van der Waals surface area contributed by atoms with Crippen molar-refractivity contribution < 1.29 is 9.84 Å². The van der Waals surface area contributed by atoms with Crippen molar-refractivity contribution in [1.29, 1.82) is 0 Å². The zero-order chi connectivity index (χ0) is 11.8. The minimum Gasteiger partial charge on any atom is -0.389 e. The molecule has 0 amide bonds. The first-order chi connectivity index (χ1) is 7.74. The number of nitrogens with zero attached hydrogens (tertiary/aromatic N) is 1. The Balaban J connectivity index is 2.27. The van der Waals surface area contributed by atoms with E-state index in [4.69, 9.17) is 4.74 Å². The van der Waals surface area contributed by atoms with E-state index in [1.165, 1.54) is 5.56 Å². The highest BCUT2D eigenvalue weighted by Gasteiger charge is 2.08. The Bertz CT molecular complexity index is 280. The molecular formula is C12H20N2O2. The first-order valence-electron chi connectivity index (χ1n) is 5.63. The second-order valence-corrected chi connectivity index (χ2v) is 3.72. The minimum absolute atomic E-state index is 0.208. The molecule has 4 nitrogen and oxygen atoms in total. The fourth-order valence-electron chi connectivity index (χ4n) is 1.40. The molecule has 0 bridgehead atoms. The third-order valence-electron chi connectivity index (χ3n) is 2.38. The molecule has 0 aromatic carbocycles. The lowest BCUT2D eigenvalue weighted by molar-refractivity contribution is 0.0416. The predicted octanol–water partition coefficient (Wildman–Crippen LogP) is 1.13. The van der Waals surface area contributed by atoms with Crippen LogP contribution in [0, 0.1) is 0 Å². The molecule has 16 heavy (non-hydrogen) atoms. The van der Waals surface area contributed by atoms with Gasteiger partial charge in [0.1, 0.15) is 0 Å². The van der Waals surface area contributed by atoms with Crippen molar-refractivity contribution in [3.05, 3.63) is 30.1 Å². The van der Waals surface area contributed by atoms with Gasteiger partial charge in [-0.25, -0.2) is 0 Å². The Hall–Kier alpha value is -0.970. The predicted molar refractivity (Wildman–Crippen MR) is 63.2 cm³/mol. The summed E-state index contributed by atoms with van der Waals surface area (Å²) in [6, 6.07) is 4.14. The summed E-state index contributed by atoms with van der Waals surface area (Å²) in [5.74, 6) is 0. The van der Waals surface area contributed by atoms with E-state index >= 15 is 0 Å². The number of hydrogen-bond donors (Lipinski definition) is 2. The SMILES string of the molecule is CCOCC(O)CN[C@H](C)c1ccncc1. The summed E-state index contributed by atoms with van der Waals surface area (Å²) in [6.45, 7) is 5.52. The van der Waals surface area contributed by atoms with Crippen molar-refractivity contribution in [2.24, 2.45) is 0 Å². The maximum Gasteiger partial charge on any atom is 0.0897 e. The van der Waals surface area contributed by atoms with Gasteiger partial charge in [0.25, 0.3) is 0 Å². The Morgan fingerprint density at radius 1 is 1.44 bits per heavy atom. The second kappa shape index (κ2) is 7.33. The number of aliphatic hydroxyl groups is 1. The maximum absolute atomic E-state index is 9.58. The molecule has 0 aliphatic carbocycles. The van der Waals surface area contributed by atoms with Crippen molar-refractivity contribution in [2.75, 3.05) is 19.8 Å². The van der Waals surface area contributed by atoms with Crippen molar-refractivity contribution in [3.8, 4) is 0 Å². The van der Waals surface area contributed by atoms with Crippen LogP contribution in [0.4, 0.5) is 0 Å². The summed E-state index contributed by atoms with van der Waals surface area (Å²) < 4.78 is 5.13. The van der Waals surface area contributed by atoms with Crippen LogP contribution in [0.2, 0.25) is 0 Å². The van der Waals surface area contributed by atoms with Crippen LogP contribution in [0.15, 0.2) is 24.5 Å². The van der Waals surface area contributed by atoms with Crippen LogP contribution in [0.5, 0.6) is 0 Å². The summed E-state index contributed by atoms with van der Waals surface area (Å²) >= 11 is 0. The Morgan fingerprint density at radius 3 is 2.75 bits per heavy atom.